The first-order valence-electron chi connectivity index (χ1n) is 4.41. The van der Waals surface area contributed by atoms with Gasteiger partial charge in [-0.3, -0.25) is 0 Å². The second-order valence-electron chi connectivity index (χ2n) is 2.97. The Morgan fingerprint density at radius 3 is 2.27 bits per heavy atom. The van der Waals surface area contributed by atoms with Crippen LogP contribution >= 0.6 is 12.4 Å². The summed E-state index contributed by atoms with van der Waals surface area (Å²) in [7, 11) is -3.34. The molecule has 0 aromatic heterocycles. The van der Waals surface area contributed by atoms with Crippen LogP contribution in [0.2, 0.25) is 0 Å². The number of sulfonamides is 1. The molecule has 86 valence electrons. The fraction of sp³-hybridized carbons (Fsp3) is 0.333. The third-order valence-corrected chi connectivity index (χ3v) is 3.21. The first kappa shape index (κ1) is 14.2. The molecule has 0 aliphatic heterocycles. The van der Waals surface area contributed by atoms with Crippen molar-refractivity contribution >= 4 is 28.1 Å². The van der Waals surface area contributed by atoms with E-state index in [1.54, 1.807) is 12.1 Å². The van der Waals surface area contributed by atoms with E-state index in [0.717, 1.165) is 6.42 Å². The summed E-state index contributed by atoms with van der Waals surface area (Å²) in [6.07, 6.45) is 0.772. The van der Waals surface area contributed by atoms with Crippen molar-refractivity contribution in [1.82, 2.24) is 4.72 Å². The molecule has 4 nitrogen and oxygen atoms in total. The Kier molecular flexibility index (Phi) is 5.64. The van der Waals surface area contributed by atoms with Crippen LogP contribution in [0, 0.1) is 0 Å². The van der Waals surface area contributed by atoms with Crippen LogP contribution in [-0.2, 0) is 10.0 Å². The molecule has 15 heavy (non-hydrogen) atoms. The van der Waals surface area contributed by atoms with Crippen LogP contribution in [0.25, 0.3) is 0 Å². The lowest BCUT2D eigenvalue weighted by Crippen LogP contribution is -2.24. The van der Waals surface area contributed by atoms with Crippen LogP contribution in [0.1, 0.15) is 13.3 Å². The van der Waals surface area contributed by atoms with Crippen LogP contribution in [0.4, 0.5) is 5.69 Å². The Hall–Kier alpha value is -0.780. The molecule has 0 unspecified atom stereocenters. The number of nitrogen functional groups attached to an aromatic ring is 1. The van der Waals surface area contributed by atoms with Gasteiger partial charge in [-0.05, 0) is 30.7 Å². The molecule has 0 aliphatic carbocycles. The number of benzene rings is 1. The Bertz CT molecular complexity index is 389. The lowest BCUT2D eigenvalue weighted by Gasteiger charge is -2.05. The first-order valence-corrected chi connectivity index (χ1v) is 5.90. The lowest BCUT2D eigenvalue weighted by molar-refractivity contribution is 0.581. The van der Waals surface area contributed by atoms with Crippen molar-refractivity contribution in [2.75, 3.05) is 12.3 Å². The Morgan fingerprint density at radius 1 is 1.27 bits per heavy atom. The molecule has 1 aromatic rings. The fourth-order valence-electron chi connectivity index (χ4n) is 0.967. The molecule has 3 N–H and O–H groups in total. The molecule has 0 fully saturated rings. The predicted octanol–water partition coefficient (Wildman–Crippen LogP) is 1.38. The van der Waals surface area contributed by atoms with E-state index >= 15 is 0 Å². The van der Waals surface area contributed by atoms with E-state index in [-0.39, 0.29) is 17.3 Å². The smallest absolute Gasteiger partial charge is 0.240 e. The van der Waals surface area contributed by atoms with E-state index in [4.69, 9.17) is 5.73 Å². The fourth-order valence-corrected chi connectivity index (χ4v) is 2.10. The zero-order chi connectivity index (χ0) is 10.6. The zero-order valence-corrected chi connectivity index (χ0v) is 10.1. The van der Waals surface area contributed by atoms with Gasteiger partial charge in [-0.15, -0.1) is 12.4 Å². The van der Waals surface area contributed by atoms with Crippen LogP contribution < -0.4 is 10.5 Å². The van der Waals surface area contributed by atoms with Crippen LogP contribution in [0.5, 0.6) is 0 Å². The number of hydrogen-bond acceptors (Lipinski definition) is 3. The molecule has 0 saturated heterocycles. The van der Waals surface area contributed by atoms with Gasteiger partial charge in [-0.1, -0.05) is 6.92 Å². The third kappa shape index (κ3) is 4.07. The second-order valence-corrected chi connectivity index (χ2v) is 4.73. The van der Waals surface area contributed by atoms with Crippen molar-refractivity contribution in [3.8, 4) is 0 Å². The molecular weight excluding hydrogens is 236 g/mol. The number of hydrogen-bond donors (Lipinski definition) is 2. The Balaban J connectivity index is 0.00000196. The molecule has 0 amide bonds. The average molecular weight is 251 g/mol. The van der Waals surface area contributed by atoms with E-state index in [0.29, 0.717) is 12.2 Å². The monoisotopic (exact) mass is 250 g/mol. The Morgan fingerprint density at radius 2 is 1.80 bits per heavy atom. The normalized spacial score (nSPS) is 10.7. The molecule has 0 saturated carbocycles. The highest BCUT2D eigenvalue weighted by atomic mass is 35.5. The highest BCUT2D eigenvalue weighted by Gasteiger charge is 2.11. The molecule has 0 heterocycles. The quantitative estimate of drug-likeness (QED) is 0.793. The number of rotatable bonds is 4. The molecule has 0 aliphatic rings. The zero-order valence-electron chi connectivity index (χ0n) is 8.43. The summed E-state index contributed by atoms with van der Waals surface area (Å²) < 4.78 is 25.6. The van der Waals surface area contributed by atoms with Gasteiger partial charge in [0.15, 0.2) is 0 Å². The topological polar surface area (TPSA) is 72.2 Å². The lowest BCUT2D eigenvalue weighted by atomic mass is 10.3. The number of nitrogens with one attached hydrogen (secondary N) is 1. The molecule has 6 heteroatoms. The summed E-state index contributed by atoms with van der Waals surface area (Å²) in [5, 5.41) is 0. The van der Waals surface area contributed by atoms with Crippen LogP contribution in [0.15, 0.2) is 29.2 Å². The molecule has 0 bridgehead atoms. The molecule has 0 spiro atoms. The number of anilines is 1. The van der Waals surface area contributed by atoms with Crippen molar-refractivity contribution in [3.05, 3.63) is 24.3 Å². The van der Waals surface area contributed by atoms with Gasteiger partial charge in [0.25, 0.3) is 0 Å². The Labute approximate surface area is 96.3 Å². The van der Waals surface area contributed by atoms with Gasteiger partial charge in [0.2, 0.25) is 10.0 Å². The van der Waals surface area contributed by atoms with Crippen molar-refractivity contribution < 1.29 is 8.42 Å². The molecule has 1 aromatic carbocycles. The van der Waals surface area contributed by atoms with Crippen molar-refractivity contribution in [1.29, 1.82) is 0 Å². The molecule has 0 atom stereocenters. The summed E-state index contributed by atoms with van der Waals surface area (Å²) in [4.78, 5) is 0.250. The predicted molar refractivity (Wildman–Crippen MR) is 63.6 cm³/mol. The van der Waals surface area contributed by atoms with Crippen LogP contribution in [0.3, 0.4) is 0 Å². The summed E-state index contributed by atoms with van der Waals surface area (Å²) in [6, 6.07) is 6.13. The largest absolute Gasteiger partial charge is 0.399 e. The second kappa shape index (κ2) is 5.95. The van der Waals surface area contributed by atoms with E-state index in [2.05, 4.69) is 4.72 Å². The van der Waals surface area contributed by atoms with Gasteiger partial charge in [-0.2, -0.15) is 0 Å². The minimum absolute atomic E-state index is 0. The molecule has 0 radical (unpaired) electrons. The molecule has 1 rings (SSSR count). The highest BCUT2D eigenvalue weighted by Crippen LogP contribution is 2.10. The standard InChI is InChI=1S/C9H14N2O2S.ClH/c1-2-7-11-14(12,13)9-5-3-8(10)4-6-9;/h3-6,11H,2,7,10H2,1H3;1H. The van der Waals surface area contributed by atoms with E-state index in [1.165, 1.54) is 12.1 Å². The van der Waals surface area contributed by atoms with E-state index in [9.17, 15) is 8.42 Å². The summed E-state index contributed by atoms with van der Waals surface area (Å²) in [6.45, 7) is 2.36. The summed E-state index contributed by atoms with van der Waals surface area (Å²) in [5.41, 5.74) is 6.01. The van der Waals surface area contributed by atoms with Gasteiger partial charge in [-0.25, -0.2) is 13.1 Å². The van der Waals surface area contributed by atoms with Gasteiger partial charge >= 0.3 is 0 Å². The summed E-state index contributed by atoms with van der Waals surface area (Å²) in [5.74, 6) is 0. The van der Waals surface area contributed by atoms with E-state index < -0.39 is 10.0 Å². The highest BCUT2D eigenvalue weighted by molar-refractivity contribution is 7.89. The van der Waals surface area contributed by atoms with Gasteiger partial charge < -0.3 is 5.73 Å². The van der Waals surface area contributed by atoms with Gasteiger partial charge in [0, 0.05) is 12.2 Å². The number of nitrogens with two attached hydrogens (primary N) is 1. The first-order chi connectivity index (χ1) is 6.56. The molecular formula is C9H15ClN2O2S. The van der Waals surface area contributed by atoms with Gasteiger partial charge in [0.05, 0.1) is 4.90 Å². The maximum atomic E-state index is 11.6. The minimum Gasteiger partial charge on any atom is -0.399 e. The van der Waals surface area contributed by atoms with Crippen molar-refractivity contribution in [2.24, 2.45) is 0 Å². The summed E-state index contributed by atoms with van der Waals surface area (Å²) >= 11 is 0. The number of halogens is 1. The maximum Gasteiger partial charge on any atom is 0.240 e. The maximum absolute atomic E-state index is 11.6. The minimum atomic E-state index is -3.34. The van der Waals surface area contributed by atoms with Crippen LogP contribution in [-0.4, -0.2) is 15.0 Å². The van der Waals surface area contributed by atoms with Gasteiger partial charge in [0.1, 0.15) is 0 Å². The average Bonchev–Trinajstić information content (AvgIpc) is 2.16. The SMILES string of the molecule is CCCNS(=O)(=O)c1ccc(N)cc1.Cl. The van der Waals surface area contributed by atoms with Crippen molar-refractivity contribution in [2.45, 2.75) is 18.2 Å². The van der Waals surface area contributed by atoms with E-state index in [1.807, 2.05) is 6.92 Å². The third-order valence-electron chi connectivity index (χ3n) is 1.73. The van der Waals surface area contributed by atoms with Crippen molar-refractivity contribution in [3.63, 3.8) is 0 Å².